The van der Waals surface area contributed by atoms with Crippen molar-refractivity contribution in [2.24, 2.45) is 10.9 Å². The standard InChI is InChI=1S/C17H30N4S/c1-3-18-17(20-12-16-14(2)21-13-22-16)19-11-7-6-10-15-8-4-5-9-15/h13,15H,3-12H2,1-2H3,(H2,18,19,20). The van der Waals surface area contributed by atoms with Gasteiger partial charge in [-0.05, 0) is 26.2 Å². The zero-order chi connectivity index (χ0) is 15.6. The van der Waals surface area contributed by atoms with Crippen molar-refractivity contribution in [2.75, 3.05) is 13.1 Å². The summed E-state index contributed by atoms with van der Waals surface area (Å²) in [6, 6.07) is 0. The molecule has 1 aliphatic rings. The maximum Gasteiger partial charge on any atom is 0.191 e. The van der Waals surface area contributed by atoms with E-state index in [0.717, 1.165) is 30.7 Å². The zero-order valence-electron chi connectivity index (χ0n) is 14.0. The van der Waals surface area contributed by atoms with Gasteiger partial charge in [0.05, 0.1) is 17.7 Å². The van der Waals surface area contributed by atoms with Gasteiger partial charge in [0.25, 0.3) is 0 Å². The van der Waals surface area contributed by atoms with Gasteiger partial charge in [-0.3, -0.25) is 0 Å². The van der Waals surface area contributed by atoms with Crippen molar-refractivity contribution in [3.63, 3.8) is 0 Å². The van der Waals surface area contributed by atoms with Gasteiger partial charge in [0.1, 0.15) is 0 Å². The third-order valence-corrected chi connectivity index (χ3v) is 5.30. The lowest BCUT2D eigenvalue weighted by atomic mass is 10.0. The minimum atomic E-state index is 0.716. The molecule has 0 aliphatic heterocycles. The van der Waals surface area contributed by atoms with E-state index in [-0.39, 0.29) is 0 Å². The molecule has 2 N–H and O–H groups in total. The molecule has 0 bridgehead atoms. The number of thiazole rings is 1. The first-order valence-electron chi connectivity index (χ1n) is 8.70. The molecule has 0 radical (unpaired) electrons. The van der Waals surface area contributed by atoms with Gasteiger partial charge in [0, 0.05) is 18.0 Å². The predicted molar refractivity (Wildman–Crippen MR) is 95.5 cm³/mol. The quantitative estimate of drug-likeness (QED) is 0.434. The third-order valence-electron chi connectivity index (χ3n) is 4.38. The molecule has 0 atom stereocenters. The highest BCUT2D eigenvalue weighted by Crippen LogP contribution is 2.28. The molecule has 1 aliphatic carbocycles. The summed E-state index contributed by atoms with van der Waals surface area (Å²) in [4.78, 5) is 10.2. The van der Waals surface area contributed by atoms with Crippen LogP contribution in [0.5, 0.6) is 0 Å². The van der Waals surface area contributed by atoms with Crippen LogP contribution in [-0.2, 0) is 6.54 Å². The summed E-state index contributed by atoms with van der Waals surface area (Å²) in [5, 5.41) is 6.77. The van der Waals surface area contributed by atoms with Crippen LogP contribution in [0.2, 0.25) is 0 Å². The highest BCUT2D eigenvalue weighted by molar-refractivity contribution is 7.09. The molecule has 1 fully saturated rings. The van der Waals surface area contributed by atoms with Gasteiger partial charge in [0.2, 0.25) is 0 Å². The van der Waals surface area contributed by atoms with Crippen molar-refractivity contribution in [1.29, 1.82) is 0 Å². The third kappa shape index (κ3) is 5.95. The Labute approximate surface area is 138 Å². The topological polar surface area (TPSA) is 49.3 Å². The van der Waals surface area contributed by atoms with E-state index in [4.69, 9.17) is 0 Å². The van der Waals surface area contributed by atoms with Crippen LogP contribution in [0, 0.1) is 12.8 Å². The highest BCUT2D eigenvalue weighted by atomic mass is 32.1. The molecule has 0 unspecified atom stereocenters. The smallest absolute Gasteiger partial charge is 0.191 e. The van der Waals surface area contributed by atoms with E-state index in [9.17, 15) is 0 Å². The first kappa shape index (κ1) is 17.3. The average Bonchev–Trinajstić information content (AvgIpc) is 3.16. The van der Waals surface area contributed by atoms with E-state index >= 15 is 0 Å². The van der Waals surface area contributed by atoms with Crippen LogP contribution in [0.1, 0.15) is 62.4 Å². The normalized spacial score (nSPS) is 16.2. The average molecular weight is 323 g/mol. The minimum Gasteiger partial charge on any atom is -0.357 e. The molecule has 1 aromatic heterocycles. The Hall–Kier alpha value is -1.10. The van der Waals surface area contributed by atoms with E-state index in [1.807, 2.05) is 12.4 Å². The summed E-state index contributed by atoms with van der Waals surface area (Å²) < 4.78 is 0. The molecule has 5 heteroatoms. The molecule has 4 nitrogen and oxygen atoms in total. The Balaban J connectivity index is 1.65. The van der Waals surface area contributed by atoms with Crippen molar-refractivity contribution >= 4 is 17.3 Å². The summed E-state index contributed by atoms with van der Waals surface area (Å²) in [6.07, 6.45) is 9.83. The fraction of sp³-hybridized carbons (Fsp3) is 0.765. The number of aryl methyl sites for hydroxylation is 1. The number of hydrogen-bond donors (Lipinski definition) is 2. The van der Waals surface area contributed by atoms with Crippen molar-refractivity contribution in [3.8, 4) is 0 Å². The molecule has 124 valence electrons. The second-order valence-corrected chi connectivity index (χ2v) is 7.07. The van der Waals surface area contributed by atoms with Crippen LogP contribution in [-0.4, -0.2) is 24.0 Å². The summed E-state index contributed by atoms with van der Waals surface area (Å²) >= 11 is 1.68. The zero-order valence-corrected chi connectivity index (χ0v) is 14.8. The van der Waals surface area contributed by atoms with Crippen LogP contribution in [0.3, 0.4) is 0 Å². The second-order valence-electron chi connectivity index (χ2n) is 6.13. The molecule has 0 amide bonds. The van der Waals surface area contributed by atoms with Crippen molar-refractivity contribution in [1.82, 2.24) is 15.6 Å². The van der Waals surface area contributed by atoms with E-state index in [1.54, 1.807) is 11.3 Å². The Morgan fingerprint density at radius 1 is 1.32 bits per heavy atom. The lowest BCUT2D eigenvalue weighted by Crippen LogP contribution is -2.37. The monoisotopic (exact) mass is 322 g/mol. The van der Waals surface area contributed by atoms with Crippen molar-refractivity contribution in [2.45, 2.75) is 65.3 Å². The molecule has 0 spiro atoms. The van der Waals surface area contributed by atoms with E-state index in [2.05, 4.69) is 27.5 Å². The number of nitrogens with one attached hydrogen (secondary N) is 2. The van der Waals surface area contributed by atoms with Crippen LogP contribution < -0.4 is 10.6 Å². The van der Waals surface area contributed by atoms with Crippen LogP contribution in [0.25, 0.3) is 0 Å². The first-order chi connectivity index (χ1) is 10.8. The Kier molecular flexibility index (Phi) is 7.71. The predicted octanol–water partition coefficient (Wildman–Crippen LogP) is 3.87. The van der Waals surface area contributed by atoms with E-state index < -0.39 is 0 Å². The fourth-order valence-corrected chi connectivity index (χ4v) is 3.73. The van der Waals surface area contributed by atoms with Gasteiger partial charge < -0.3 is 10.6 Å². The Morgan fingerprint density at radius 2 is 2.14 bits per heavy atom. The lowest BCUT2D eigenvalue weighted by Gasteiger charge is -2.12. The Bertz CT molecular complexity index is 449. The summed E-state index contributed by atoms with van der Waals surface area (Å²) in [5.41, 5.74) is 2.99. The van der Waals surface area contributed by atoms with Crippen LogP contribution in [0.15, 0.2) is 10.5 Å². The van der Waals surface area contributed by atoms with Gasteiger partial charge in [-0.2, -0.15) is 0 Å². The number of aliphatic imine (C=N–C) groups is 1. The molecule has 0 saturated heterocycles. The van der Waals surface area contributed by atoms with Crippen LogP contribution in [0.4, 0.5) is 0 Å². The lowest BCUT2D eigenvalue weighted by molar-refractivity contribution is 0.472. The molecule has 22 heavy (non-hydrogen) atoms. The molecule has 1 aromatic rings. The summed E-state index contributed by atoms with van der Waals surface area (Å²) in [5.74, 6) is 1.94. The molecule has 2 rings (SSSR count). The number of hydrogen-bond acceptors (Lipinski definition) is 3. The number of nitrogens with zero attached hydrogens (tertiary/aromatic N) is 2. The second kappa shape index (κ2) is 9.82. The van der Waals surface area contributed by atoms with Gasteiger partial charge in [-0.15, -0.1) is 11.3 Å². The molecular formula is C17H30N4S. The van der Waals surface area contributed by atoms with Crippen molar-refractivity contribution < 1.29 is 0 Å². The number of unbranched alkanes of at least 4 members (excludes halogenated alkanes) is 1. The van der Waals surface area contributed by atoms with Gasteiger partial charge in [-0.1, -0.05) is 38.5 Å². The van der Waals surface area contributed by atoms with E-state index in [0.29, 0.717) is 6.54 Å². The van der Waals surface area contributed by atoms with Crippen molar-refractivity contribution in [3.05, 3.63) is 16.1 Å². The molecule has 1 saturated carbocycles. The number of rotatable bonds is 8. The van der Waals surface area contributed by atoms with Gasteiger partial charge in [-0.25, -0.2) is 9.98 Å². The largest absolute Gasteiger partial charge is 0.357 e. The minimum absolute atomic E-state index is 0.716. The Morgan fingerprint density at radius 3 is 2.82 bits per heavy atom. The fourth-order valence-electron chi connectivity index (χ4n) is 3.03. The van der Waals surface area contributed by atoms with Gasteiger partial charge in [0.15, 0.2) is 5.96 Å². The van der Waals surface area contributed by atoms with Gasteiger partial charge >= 0.3 is 0 Å². The maximum absolute atomic E-state index is 4.66. The number of guanidine groups is 1. The summed E-state index contributed by atoms with van der Waals surface area (Å²) in [6.45, 7) is 6.78. The van der Waals surface area contributed by atoms with E-state index in [1.165, 1.54) is 49.8 Å². The van der Waals surface area contributed by atoms with Crippen LogP contribution >= 0.6 is 11.3 Å². The highest BCUT2D eigenvalue weighted by Gasteiger charge is 2.13. The molecule has 1 heterocycles. The molecular weight excluding hydrogens is 292 g/mol. The first-order valence-corrected chi connectivity index (χ1v) is 9.58. The maximum atomic E-state index is 4.66. The molecule has 0 aromatic carbocycles. The SMILES string of the molecule is CCNC(=NCc1scnc1C)NCCCCC1CCCC1. The summed E-state index contributed by atoms with van der Waals surface area (Å²) in [7, 11) is 0. The number of aromatic nitrogens is 1.